The van der Waals surface area contributed by atoms with Crippen LogP contribution in [0.1, 0.15) is 37.0 Å². The Bertz CT molecular complexity index is 374. The van der Waals surface area contributed by atoms with Crippen LogP contribution in [0.25, 0.3) is 0 Å². The van der Waals surface area contributed by atoms with Gasteiger partial charge in [0.1, 0.15) is 0 Å². The zero-order valence-electron chi connectivity index (χ0n) is 10.8. The van der Waals surface area contributed by atoms with Crippen LogP contribution in [0, 0.1) is 0 Å². The number of hydrogen-bond donors (Lipinski definition) is 1. The predicted molar refractivity (Wildman–Crippen MR) is 72.0 cm³/mol. The molecule has 0 saturated carbocycles. The van der Waals surface area contributed by atoms with E-state index in [1.165, 1.54) is 12.1 Å². The quantitative estimate of drug-likeness (QED) is 0.773. The largest absolute Gasteiger partial charge is 0.593 e. The van der Waals surface area contributed by atoms with Gasteiger partial charge < -0.3 is 9.66 Å². The molecular weight excluding hydrogens is 250 g/mol. The molecule has 0 spiro atoms. The van der Waals surface area contributed by atoms with Crippen molar-refractivity contribution in [3.05, 3.63) is 29.8 Å². The first-order valence-corrected chi connectivity index (χ1v) is 7.21. The van der Waals surface area contributed by atoms with Gasteiger partial charge in [0.2, 0.25) is 0 Å². The molecular formula is C13H19NO3S. The van der Waals surface area contributed by atoms with Crippen LogP contribution in [-0.2, 0) is 11.4 Å². The summed E-state index contributed by atoms with van der Waals surface area (Å²) in [7, 11) is 0. The summed E-state index contributed by atoms with van der Waals surface area (Å²) in [5, 5.41) is 8.81. The number of nitrogens with zero attached hydrogens (tertiary/aromatic N) is 1. The van der Waals surface area contributed by atoms with E-state index in [2.05, 4.69) is 0 Å². The molecule has 0 saturated heterocycles. The molecule has 1 unspecified atom stereocenters. The van der Waals surface area contributed by atoms with Gasteiger partial charge in [0.05, 0.1) is 16.9 Å². The van der Waals surface area contributed by atoms with E-state index in [4.69, 9.17) is 5.11 Å². The van der Waals surface area contributed by atoms with E-state index in [9.17, 15) is 9.35 Å². The minimum atomic E-state index is -1.20. The van der Waals surface area contributed by atoms with Crippen LogP contribution in [-0.4, -0.2) is 33.0 Å². The highest BCUT2D eigenvalue weighted by Crippen LogP contribution is 2.17. The van der Waals surface area contributed by atoms with Crippen molar-refractivity contribution >= 4 is 17.3 Å². The summed E-state index contributed by atoms with van der Waals surface area (Å²) in [6.45, 7) is 5.66. The van der Waals surface area contributed by atoms with Crippen LogP contribution in [0.3, 0.4) is 0 Å². The van der Waals surface area contributed by atoms with E-state index in [1.807, 2.05) is 18.2 Å². The smallest absolute Gasteiger partial charge is 0.335 e. The Morgan fingerprint density at radius 2 is 1.72 bits per heavy atom. The average molecular weight is 269 g/mol. The fourth-order valence-corrected chi connectivity index (χ4v) is 3.00. The van der Waals surface area contributed by atoms with Crippen LogP contribution in [0.15, 0.2) is 29.2 Å². The number of carboxylic acids is 1. The normalized spacial score (nSPS) is 12.7. The van der Waals surface area contributed by atoms with Crippen LogP contribution in [0.4, 0.5) is 0 Å². The molecule has 1 aromatic carbocycles. The Morgan fingerprint density at radius 3 is 2.11 bits per heavy atom. The van der Waals surface area contributed by atoms with Gasteiger partial charge in [0.25, 0.3) is 0 Å². The Morgan fingerprint density at radius 1 is 1.22 bits per heavy atom. The zero-order chi connectivity index (χ0) is 13.5. The molecule has 1 N–H and O–H groups in total. The molecule has 1 atom stereocenters. The third-order valence-electron chi connectivity index (χ3n) is 2.48. The summed E-state index contributed by atoms with van der Waals surface area (Å²) >= 11 is -1.20. The van der Waals surface area contributed by atoms with Crippen LogP contribution in [0.5, 0.6) is 0 Å². The molecule has 0 aliphatic heterocycles. The van der Waals surface area contributed by atoms with E-state index < -0.39 is 17.3 Å². The number of rotatable bonds is 7. The van der Waals surface area contributed by atoms with Crippen molar-refractivity contribution in [3.63, 3.8) is 0 Å². The van der Waals surface area contributed by atoms with Gasteiger partial charge in [0, 0.05) is 13.1 Å². The van der Waals surface area contributed by atoms with E-state index in [0.717, 1.165) is 25.9 Å². The lowest BCUT2D eigenvalue weighted by molar-refractivity contribution is 0.0697. The predicted octanol–water partition coefficient (Wildman–Crippen LogP) is 2.53. The molecule has 5 heteroatoms. The molecule has 100 valence electrons. The Kier molecular flexibility index (Phi) is 6.18. The molecule has 4 nitrogen and oxygen atoms in total. The lowest BCUT2D eigenvalue weighted by atomic mass is 10.2. The summed E-state index contributed by atoms with van der Waals surface area (Å²) in [6.07, 6.45) is 1.89. The maximum atomic E-state index is 12.3. The van der Waals surface area contributed by atoms with Gasteiger partial charge in [-0.25, -0.2) is 4.79 Å². The van der Waals surface area contributed by atoms with Gasteiger partial charge in [-0.05, 0) is 37.1 Å². The summed E-state index contributed by atoms with van der Waals surface area (Å²) in [4.78, 5) is 11.4. The molecule has 0 aromatic heterocycles. The summed E-state index contributed by atoms with van der Waals surface area (Å²) in [5.41, 5.74) is 0.216. The minimum absolute atomic E-state index is 0.216. The molecule has 0 heterocycles. The second-order valence-electron chi connectivity index (χ2n) is 4.01. The molecule has 1 aromatic rings. The van der Waals surface area contributed by atoms with E-state index >= 15 is 0 Å². The highest BCUT2D eigenvalue weighted by atomic mass is 32.2. The number of carbonyl (C=O) groups is 1. The molecule has 1 rings (SSSR count). The molecule has 0 aliphatic carbocycles. The first-order chi connectivity index (χ1) is 8.60. The number of carboxylic acid groups (broad SMARTS) is 1. The topological polar surface area (TPSA) is 63.6 Å². The van der Waals surface area contributed by atoms with Gasteiger partial charge in [-0.2, -0.15) is 0 Å². The molecule has 0 bridgehead atoms. The fourth-order valence-electron chi connectivity index (χ4n) is 1.64. The van der Waals surface area contributed by atoms with Crippen molar-refractivity contribution in [1.29, 1.82) is 0 Å². The van der Waals surface area contributed by atoms with Crippen molar-refractivity contribution in [2.45, 2.75) is 31.6 Å². The van der Waals surface area contributed by atoms with Crippen molar-refractivity contribution < 1.29 is 14.5 Å². The molecule has 18 heavy (non-hydrogen) atoms. The average Bonchev–Trinajstić information content (AvgIpc) is 2.38. The van der Waals surface area contributed by atoms with Gasteiger partial charge >= 0.3 is 5.97 Å². The Hall–Kier alpha value is -1.04. The lowest BCUT2D eigenvalue weighted by Gasteiger charge is -2.23. The monoisotopic (exact) mass is 269 g/mol. The Balaban J connectivity index is 2.80. The van der Waals surface area contributed by atoms with Gasteiger partial charge in [0.15, 0.2) is 4.90 Å². The van der Waals surface area contributed by atoms with Gasteiger partial charge in [-0.1, -0.05) is 13.8 Å². The number of aromatic carboxylic acids is 1. The van der Waals surface area contributed by atoms with Crippen LogP contribution >= 0.6 is 0 Å². The Labute approximate surface area is 111 Å². The fraction of sp³-hybridized carbons (Fsp3) is 0.462. The highest BCUT2D eigenvalue weighted by molar-refractivity contribution is 7.89. The van der Waals surface area contributed by atoms with Crippen molar-refractivity contribution in [2.75, 3.05) is 13.1 Å². The third-order valence-corrected chi connectivity index (χ3v) is 3.99. The standard InChI is InChI=1S/C13H19NO3S/c1-3-9-14(10-4-2)18(17)12-7-5-11(6-8-12)13(15)16/h5-8H,3-4,9-10H2,1-2H3,(H,15,16). The first kappa shape index (κ1) is 15.0. The highest BCUT2D eigenvalue weighted by Gasteiger charge is 2.21. The zero-order valence-corrected chi connectivity index (χ0v) is 11.6. The second-order valence-corrected chi connectivity index (χ2v) is 5.49. The van der Waals surface area contributed by atoms with Crippen molar-refractivity contribution in [1.82, 2.24) is 4.31 Å². The molecule has 0 aliphatic rings. The second kappa shape index (κ2) is 7.41. The summed E-state index contributed by atoms with van der Waals surface area (Å²) in [5.74, 6) is -0.966. The van der Waals surface area contributed by atoms with Gasteiger partial charge in [-0.3, -0.25) is 0 Å². The molecule has 0 radical (unpaired) electrons. The molecule has 0 amide bonds. The van der Waals surface area contributed by atoms with Crippen molar-refractivity contribution in [3.8, 4) is 0 Å². The minimum Gasteiger partial charge on any atom is -0.593 e. The number of hydrogen-bond acceptors (Lipinski definition) is 3. The first-order valence-electron chi connectivity index (χ1n) is 6.10. The maximum Gasteiger partial charge on any atom is 0.335 e. The summed E-state index contributed by atoms with van der Waals surface area (Å²) < 4.78 is 14.2. The SMILES string of the molecule is CCCN(CCC)[S+]([O-])c1ccc(C(=O)O)cc1. The maximum absolute atomic E-state index is 12.3. The van der Waals surface area contributed by atoms with Gasteiger partial charge in [-0.15, -0.1) is 4.31 Å². The lowest BCUT2D eigenvalue weighted by Crippen LogP contribution is -2.32. The van der Waals surface area contributed by atoms with Crippen molar-refractivity contribution in [2.24, 2.45) is 0 Å². The van der Waals surface area contributed by atoms with E-state index in [1.54, 1.807) is 12.1 Å². The van der Waals surface area contributed by atoms with Crippen LogP contribution in [0.2, 0.25) is 0 Å². The summed E-state index contributed by atoms with van der Waals surface area (Å²) in [6, 6.07) is 6.23. The number of benzene rings is 1. The molecule has 0 fully saturated rings. The van der Waals surface area contributed by atoms with E-state index in [0.29, 0.717) is 4.90 Å². The van der Waals surface area contributed by atoms with E-state index in [-0.39, 0.29) is 5.56 Å². The third kappa shape index (κ3) is 4.01. The van der Waals surface area contributed by atoms with Crippen LogP contribution < -0.4 is 0 Å².